The third kappa shape index (κ3) is 5.07. The fourth-order valence-electron chi connectivity index (χ4n) is 3.10. The fourth-order valence-corrected chi connectivity index (χ4v) is 3.96. The second-order valence-corrected chi connectivity index (χ2v) is 8.35. The zero-order valence-corrected chi connectivity index (χ0v) is 18.2. The number of benzene rings is 3. The molecule has 0 aliphatic rings. The van der Waals surface area contributed by atoms with E-state index in [1.165, 1.54) is 42.1 Å². The van der Waals surface area contributed by atoms with E-state index in [0.717, 1.165) is 5.56 Å². The Morgan fingerprint density at radius 1 is 1.06 bits per heavy atom. The molecule has 0 aliphatic heterocycles. The summed E-state index contributed by atoms with van der Waals surface area (Å²) in [5.41, 5.74) is 1.67. The molecule has 0 saturated heterocycles. The Kier molecular flexibility index (Phi) is 6.45. The summed E-state index contributed by atoms with van der Waals surface area (Å²) < 4.78 is 15.3. The van der Waals surface area contributed by atoms with Crippen molar-refractivity contribution in [2.75, 3.05) is 5.32 Å². The molecule has 4 rings (SSSR count). The van der Waals surface area contributed by atoms with E-state index in [9.17, 15) is 19.3 Å². The molecular formula is C23H18FN5O3S. The van der Waals surface area contributed by atoms with Gasteiger partial charge in [0.15, 0.2) is 11.0 Å². The first-order chi connectivity index (χ1) is 15.9. The quantitative estimate of drug-likeness (QED) is 0.232. The van der Waals surface area contributed by atoms with Crippen molar-refractivity contribution in [1.82, 2.24) is 14.8 Å². The molecule has 3 aromatic carbocycles. The molecule has 33 heavy (non-hydrogen) atoms. The van der Waals surface area contributed by atoms with Crippen LogP contribution in [0.4, 0.5) is 15.8 Å². The van der Waals surface area contributed by atoms with Crippen LogP contribution >= 0.6 is 11.8 Å². The average molecular weight is 463 g/mol. The number of nitro benzene ring substituents is 1. The summed E-state index contributed by atoms with van der Waals surface area (Å²) in [5.74, 6) is -0.168. The summed E-state index contributed by atoms with van der Waals surface area (Å²) >= 11 is 1.17. The zero-order valence-electron chi connectivity index (χ0n) is 17.4. The first-order valence-electron chi connectivity index (χ1n) is 9.91. The molecule has 1 amide bonds. The highest BCUT2D eigenvalue weighted by atomic mass is 32.2. The van der Waals surface area contributed by atoms with Crippen LogP contribution in [0.3, 0.4) is 0 Å². The molecular weight excluding hydrogens is 445 g/mol. The maximum atomic E-state index is 13.5. The van der Waals surface area contributed by atoms with Gasteiger partial charge in [-0.25, -0.2) is 4.39 Å². The monoisotopic (exact) mass is 463 g/mol. The maximum Gasteiger partial charge on any atom is 0.271 e. The summed E-state index contributed by atoms with van der Waals surface area (Å²) in [6.07, 6.45) is 0. The number of nitrogens with zero attached hydrogens (tertiary/aromatic N) is 4. The Bertz CT molecular complexity index is 1300. The van der Waals surface area contributed by atoms with Gasteiger partial charge in [0.2, 0.25) is 5.91 Å². The highest BCUT2D eigenvalue weighted by Crippen LogP contribution is 2.30. The van der Waals surface area contributed by atoms with Gasteiger partial charge in [-0.1, -0.05) is 48.2 Å². The minimum Gasteiger partial charge on any atom is -0.325 e. The van der Waals surface area contributed by atoms with Crippen molar-refractivity contribution >= 4 is 29.0 Å². The van der Waals surface area contributed by atoms with Crippen LogP contribution in [-0.4, -0.2) is 30.8 Å². The lowest BCUT2D eigenvalue weighted by Gasteiger charge is -2.14. The molecule has 1 atom stereocenters. The number of rotatable bonds is 7. The molecule has 1 unspecified atom stereocenters. The molecule has 0 radical (unpaired) electrons. The van der Waals surface area contributed by atoms with Gasteiger partial charge >= 0.3 is 0 Å². The van der Waals surface area contributed by atoms with Gasteiger partial charge in [-0.05, 0) is 37.3 Å². The third-order valence-corrected chi connectivity index (χ3v) is 5.77. The van der Waals surface area contributed by atoms with Crippen LogP contribution in [0.5, 0.6) is 0 Å². The van der Waals surface area contributed by atoms with Crippen LogP contribution in [0.1, 0.15) is 6.92 Å². The Hall–Kier alpha value is -4.05. The minimum absolute atomic E-state index is 0.114. The summed E-state index contributed by atoms with van der Waals surface area (Å²) in [4.78, 5) is 23.2. The number of anilines is 1. The molecule has 0 saturated carbocycles. The summed E-state index contributed by atoms with van der Waals surface area (Å²) in [6, 6.07) is 21.1. The number of nitro groups is 1. The van der Waals surface area contributed by atoms with Crippen LogP contribution in [0, 0.1) is 15.9 Å². The van der Waals surface area contributed by atoms with E-state index in [1.54, 1.807) is 29.7 Å². The predicted octanol–water partition coefficient (Wildman–Crippen LogP) is 5.10. The molecule has 0 bridgehead atoms. The third-order valence-electron chi connectivity index (χ3n) is 4.73. The van der Waals surface area contributed by atoms with Gasteiger partial charge in [-0.15, -0.1) is 10.2 Å². The van der Waals surface area contributed by atoms with Crippen molar-refractivity contribution in [1.29, 1.82) is 0 Å². The van der Waals surface area contributed by atoms with E-state index in [-0.39, 0.29) is 17.4 Å². The number of carbonyl (C=O) groups excluding carboxylic acids is 1. The number of nitrogens with one attached hydrogen (secondary N) is 1. The summed E-state index contributed by atoms with van der Waals surface area (Å²) in [7, 11) is 0. The number of thioether (sulfide) groups is 1. The average Bonchev–Trinajstić information content (AvgIpc) is 3.23. The Balaban J connectivity index is 1.61. The number of halogens is 1. The van der Waals surface area contributed by atoms with E-state index >= 15 is 0 Å². The summed E-state index contributed by atoms with van der Waals surface area (Å²) in [6.45, 7) is 1.70. The molecule has 1 aromatic heterocycles. The van der Waals surface area contributed by atoms with E-state index in [1.807, 2.05) is 30.3 Å². The van der Waals surface area contributed by atoms with Crippen molar-refractivity contribution in [3.63, 3.8) is 0 Å². The molecule has 4 aromatic rings. The minimum atomic E-state index is -0.601. The smallest absolute Gasteiger partial charge is 0.271 e. The Labute approximate surface area is 192 Å². The van der Waals surface area contributed by atoms with Gasteiger partial charge in [0.25, 0.3) is 5.69 Å². The second kappa shape index (κ2) is 9.61. The highest BCUT2D eigenvalue weighted by molar-refractivity contribution is 8.00. The Morgan fingerprint density at radius 2 is 1.79 bits per heavy atom. The number of hydrogen-bond acceptors (Lipinski definition) is 6. The van der Waals surface area contributed by atoms with Crippen molar-refractivity contribution in [3.05, 3.63) is 94.8 Å². The van der Waals surface area contributed by atoms with Gasteiger partial charge in [0.05, 0.1) is 10.2 Å². The molecule has 1 N–H and O–H groups in total. The molecule has 10 heteroatoms. The van der Waals surface area contributed by atoms with Gasteiger partial charge in [-0.3, -0.25) is 19.5 Å². The molecule has 0 aliphatic carbocycles. The lowest BCUT2D eigenvalue weighted by molar-refractivity contribution is -0.384. The first kappa shape index (κ1) is 22.2. The van der Waals surface area contributed by atoms with Crippen LogP contribution in [0.15, 0.2) is 84.0 Å². The number of non-ortho nitro benzene ring substituents is 1. The van der Waals surface area contributed by atoms with Crippen LogP contribution in [-0.2, 0) is 4.79 Å². The largest absolute Gasteiger partial charge is 0.325 e. The van der Waals surface area contributed by atoms with Crippen molar-refractivity contribution < 1.29 is 14.1 Å². The second-order valence-electron chi connectivity index (χ2n) is 7.04. The molecule has 8 nitrogen and oxygen atoms in total. The van der Waals surface area contributed by atoms with E-state index in [2.05, 4.69) is 15.5 Å². The van der Waals surface area contributed by atoms with Crippen molar-refractivity contribution in [2.24, 2.45) is 0 Å². The first-order valence-corrected chi connectivity index (χ1v) is 10.8. The maximum absolute atomic E-state index is 13.5. The van der Waals surface area contributed by atoms with Crippen LogP contribution in [0.25, 0.3) is 17.1 Å². The molecule has 0 spiro atoms. The van der Waals surface area contributed by atoms with E-state index in [0.29, 0.717) is 22.4 Å². The SMILES string of the molecule is CC(Sc1nnc(-c2ccccc2)n1-c1ccc(F)cc1)C(=O)Nc1cccc([N+](=O)[O-])c1. The van der Waals surface area contributed by atoms with Gasteiger partial charge < -0.3 is 5.32 Å². The van der Waals surface area contributed by atoms with Gasteiger partial charge in [0, 0.05) is 29.1 Å². The summed E-state index contributed by atoms with van der Waals surface area (Å²) in [5, 5.41) is 22.1. The fraction of sp³-hybridized carbons (Fsp3) is 0.0870. The normalized spacial score (nSPS) is 11.7. The van der Waals surface area contributed by atoms with E-state index < -0.39 is 10.2 Å². The van der Waals surface area contributed by atoms with Crippen LogP contribution in [0.2, 0.25) is 0 Å². The van der Waals surface area contributed by atoms with E-state index in [4.69, 9.17) is 0 Å². The molecule has 1 heterocycles. The molecule has 166 valence electrons. The molecule has 0 fully saturated rings. The number of hydrogen-bond donors (Lipinski definition) is 1. The van der Waals surface area contributed by atoms with Crippen LogP contribution < -0.4 is 5.32 Å². The standard InChI is InChI=1S/C23H18FN5O3S/c1-15(22(30)25-18-8-5-9-20(14-18)29(31)32)33-23-27-26-21(16-6-3-2-4-7-16)28(23)19-12-10-17(24)11-13-19/h2-15H,1H3,(H,25,30). The van der Waals surface area contributed by atoms with Gasteiger partial charge in [0.1, 0.15) is 5.82 Å². The zero-order chi connectivity index (χ0) is 23.4. The van der Waals surface area contributed by atoms with Gasteiger partial charge in [-0.2, -0.15) is 0 Å². The number of aromatic nitrogens is 3. The van der Waals surface area contributed by atoms with Crippen molar-refractivity contribution in [2.45, 2.75) is 17.3 Å². The number of carbonyl (C=O) groups is 1. The number of amides is 1. The lowest BCUT2D eigenvalue weighted by atomic mass is 10.2. The lowest BCUT2D eigenvalue weighted by Crippen LogP contribution is -2.23. The van der Waals surface area contributed by atoms with Crippen molar-refractivity contribution in [3.8, 4) is 17.1 Å². The predicted molar refractivity (Wildman–Crippen MR) is 124 cm³/mol. The Morgan fingerprint density at radius 3 is 2.48 bits per heavy atom. The highest BCUT2D eigenvalue weighted by Gasteiger charge is 2.22. The topological polar surface area (TPSA) is 103 Å².